The highest BCUT2D eigenvalue weighted by molar-refractivity contribution is 7.86. The number of aliphatic hydroxyl groups is 1. The largest absolute Gasteiger partial charge is 0.395 e. The summed E-state index contributed by atoms with van der Waals surface area (Å²) in [5.41, 5.74) is 0. The van der Waals surface area contributed by atoms with Crippen LogP contribution >= 0.6 is 0 Å². The summed E-state index contributed by atoms with van der Waals surface area (Å²) in [5, 5.41) is 9.39. The van der Waals surface area contributed by atoms with Crippen LogP contribution in [-0.2, 0) is 10.2 Å². The molecule has 112 valence electrons. The zero-order chi connectivity index (χ0) is 13.9. The number of piperidine rings is 1. The van der Waals surface area contributed by atoms with E-state index in [1.165, 1.54) is 4.31 Å². The van der Waals surface area contributed by atoms with E-state index < -0.39 is 10.2 Å². The first-order chi connectivity index (χ1) is 9.05. The Morgan fingerprint density at radius 1 is 1.05 bits per heavy atom. The minimum absolute atomic E-state index is 0.0764. The van der Waals surface area contributed by atoms with Crippen LogP contribution in [0.2, 0.25) is 0 Å². The monoisotopic (exact) mass is 291 g/mol. The molecule has 2 fully saturated rings. The summed E-state index contributed by atoms with van der Waals surface area (Å²) in [7, 11) is -1.39. The molecule has 0 aromatic rings. The van der Waals surface area contributed by atoms with Gasteiger partial charge in [-0.1, -0.05) is 6.42 Å². The highest BCUT2D eigenvalue weighted by atomic mass is 32.2. The minimum Gasteiger partial charge on any atom is -0.395 e. The van der Waals surface area contributed by atoms with E-state index in [0.29, 0.717) is 19.6 Å². The van der Waals surface area contributed by atoms with Crippen LogP contribution < -0.4 is 0 Å². The molecule has 19 heavy (non-hydrogen) atoms. The standard InChI is InChI=1S/C12H25N3O3S/c1-13-6-4-7-14(10-9-13)19(17,18)15-8-3-2-5-12(15)11-16/h12,16H,2-11H2,1H3. The molecule has 1 N–H and O–H groups in total. The lowest BCUT2D eigenvalue weighted by Gasteiger charge is -2.36. The van der Waals surface area contributed by atoms with Crippen molar-refractivity contribution in [1.29, 1.82) is 0 Å². The second kappa shape index (κ2) is 6.49. The lowest BCUT2D eigenvalue weighted by molar-refractivity contribution is 0.148. The Balaban J connectivity index is 2.11. The Labute approximate surface area is 116 Å². The molecule has 2 saturated heterocycles. The van der Waals surface area contributed by atoms with E-state index >= 15 is 0 Å². The quantitative estimate of drug-likeness (QED) is 0.776. The molecule has 0 aromatic heterocycles. The van der Waals surface area contributed by atoms with Gasteiger partial charge >= 0.3 is 0 Å². The van der Waals surface area contributed by atoms with Gasteiger partial charge in [0.05, 0.1) is 6.61 Å². The highest BCUT2D eigenvalue weighted by Crippen LogP contribution is 2.23. The molecular formula is C12H25N3O3S. The van der Waals surface area contributed by atoms with E-state index in [2.05, 4.69) is 4.90 Å². The number of nitrogens with zero attached hydrogens (tertiary/aromatic N) is 3. The Kier molecular flexibility index (Phi) is 5.19. The molecule has 2 aliphatic rings. The maximum absolute atomic E-state index is 12.7. The first kappa shape index (κ1) is 15.2. The first-order valence-electron chi connectivity index (χ1n) is 7.12. The SMILES string of the molecule is CN1CCCN(S(=O)(=O)N2CCCCC2CO)CC1. The van der Waals surface area contributed by atoms with Crippen LogP contribution in [-0.4, -0.2) is 79.5 Å². The average molecular weight is 291 g/mol. The van der Waals surface area contributed by atoms with E-state index in [-0.39, 0.29) is 12.6 Å². The smallest absolute Gasteiger partial charge is 0.282 e. The van der Waals surface area contributed by atoms with Gasteiger partial charge in [0, 0.05) is 32.2 Å². The number of hydrogen-bond acceptors (Lipinski definition) is 4. The third kappa shape index (κ3) is 3.46. The van der Waals surface area contributed by atoms with Gasteiger partial charge in [0.15, 0.2) is 0 Å². The summed E-state index contributed by atoms with van der Waals surface area (Å²) in [4.78, 5) is 2.16. The minimum atomic E-state index is -3.41. The molecule has 0 saturated carbocycles. The molecule has 2 aliphatic heterocycles. The van der Waals surface area contributed by atoms with Crippen molar-refractivity contribution in [2.75, 3.05) is 46.4 Å². The summed E-state index contributed by atoms with van der Waals surface area (Å²) in [6, 6.07) is -0.236. The van der Waals surface area contributed by atoms with Crippen LogP contribution in [0, 0.1) is 0 Å². The van der Waals surface area contributed by atoms with Crippen LogP contribution in [0.3, 0.4) is 0 Å². The van der Waals surface area contributed by atoms with Crippen molar-refractivity contribution in [3.05, 3.63) is 0 Å². The van der Waals surface area contributed by atoms with Gasteiger partial charge in [0.25, 0.3) is 10.2 Å². The molecule has 0 bridgehead atoms. The third-order valence-corrected chi connectivity index (χ3v) is 6.18. The van der Waals surface area contributed by atoms with Crippen LogP contribution in [0.5, 0.6) is 0 Å². The molecule has 1 atom stereocenters. The van der Waals surface area contributed by atoms with Crippen LogP contribution in [0.4, 0.5) is 0 Å². The molecule has 0 spiro atoms. The lowest BCUT2D eigenvalue weighted by Crippen LogP contribution is -2.52. The zero-order valence-electron chi connectivity index (χ0n) is 11.7. The van der Waals surface area contributed by atoms with Crippen molar-refractivity contribution in [2.24, 2.45) is 0 Å². The fourth-order valence-corrected chi connectivity index (χ4v) is 4.74. The van der Waals surface area contributed by atoms with Gasteiger partial charge in [-0.05, 0) is 32.9 Å². The van der Waals surface area contributed by atoms with Gasteiger partial charge in [0.1, 0.15) is 0 Å². The third-order valence-electron chi connectivity index (χ3n) is 4.08. The second-order valence-corrected chi connectivity index (χ2v) is 7.39. The fraction of sp³-hybridized carbons (Fsp3) is 1.00. The van der Waals surface area contributed by atoms with Crippen molar-refractivity contribution in [2.45, 2.75) is 31.7 Å². The highest BCUT2D eigenvalue weighted by Gasteiger charge is 2.36. The van der Waals surface area contributed by atoms with Gasteiger partial charge < -0.3 is 10.0 Å². The Morgan fingerprint density at radius 2 is 1.84 bits per heavy atom. The van der Waals surface area contributed by atoms with Crippen molar-refractivity contribution in [3.8, 4) is 0 Å². The first-order valence-corrected chi connectivity index (χ1v) is 8.51. The van der Waals surface area contributed by atoms with E-state index in [0.717, 1.165) is 38.8 Å². The van der Waals surface area contributed by atoms with Crippen molar-refractivity contribution in [3.63, 3.8) is 0 Å². The van der Waals surface area contributed by atoms with Gasteiger partial charge in [-0.25, -0.2) is 0 Å². The summed E-state index contributed by atoms with van der Waals surface area (Å²) in [6.45, 7) is 3.31. The van der Waals surface area contributed by atoms with Gasteiger partial charge in [-0.2, -0.15) is 17.0 Å². The fourth-order valence-electron chi connectivity index (χ4n) is 2.86. The second-order valence-electron chi connectivity index (χ2n) is 5.51. The number of aliphatic hydroxyl groups excluding tert-OH is 1. The van der Waals surface area contributed by atoms with Gasteiger partial charge in [0.2, 0.25) is 0 Å². The molecule has 7 heteroatoms. The van der Waals surface area contributed by atoms with E-state index in [9.17, 15) is 13.5 Å². The molecule has 1 unspecified atom stereocenters. The summed E-state index contributed by atoms with van der Waals surface area (Å²) in [6.07, 6.45) is 3.53. The van der Waals surface area contributed by atoms with E-state index in [1.807, 2.05) is 7.05 Å². The summed E-state index contributed by atoms with van der Waals surface area (Å²) >= 11 is 0. The molecular weight excluding hydrogens is 266 g/mol. The van der Waals surface area contributed by atoms with Gasteiger partial charge in [-0.15, -0.1) is 0 Å². The Morgan fingerprint density at radius 3 is 2.58 bits per heavy atom. The summed E-state index contributed by atoms with van der Waals surface area (Å²) < 4.78 is 28.5. The maximum atomic E-state index is 12.7. The predicted molar refractivity (Wildman–Crippen MR) is 74.0 cm³/mol. The molecule has 2 rings (SSSR count). The zero-order valence-corrected chi connectivity index (χ0v) is 12.5. The average Bonchev–Trinajstić information content (AvgIpc) is 2.64. The number of rotatable bonds is 3. The van der Waals surface area contributed by atoms with E-state index in [4.69, 9.17) is 0 Å². The molecule has 6 nitrogen and oxygen atoms in total. The number of likely N-dealkylation sites (N-methyl/N-ethyl adjacent to an activating group) is 1. The molecule has 0 radical (unpaired) electrons. The topological polar surface area (TPSA) is 64.1 Å². The van der Waals surface area contributed by atoms with Crippen molar-refractivity contribution >= 4 is 10.2 Å². The van der Waals surface area contributed by atoms with Crippen LogP contribution in [0.15, 0.2) is 0 Å². The normalized spacial score (nSPS) is 29.3. The van der Waals surface area contributed by atoms with Crippen molar-refractivity contribution in [1.82, 2.24) is 13.5 Å². The summed E-state index contributed by atoms with van der Waals surface area (Å²) in [5.74, 6) is 0. The molecule has 0 amide bonds. The van der Waals surface area contributed by atoms with Crippen molar-refractivity contribution < 1.29 is 13.5 Å². The Bertz CT molecular complexity index is 388. The Hall–Kier alpha value is -0.210. The molecule has 0 aliphatic carbocycles. The predicted octanol–water partition coefficient (Wildman–Crippen LogP) is -0.284. The molecule has 0 aromatic carbocycles. The lowest BCUT2D eigenvalue weighted by atomic mass is 10.1. The maximum Gasteiger partial charge on any atom is 0.282 e. The van der Waals surface area contributed by atoms with E-state index in [1.54, 1.807) is 4.31 Å². The molecule has 2 heterocycles. The van der Waals surface area contributed by atoms with Crippen LogP contribution in [0.1, 0.15) is 25.7 Å². The van der Waals surface area contributed by atoms with Crippen LogP contribution in [0.25, 0.3) is 0 Å². The van der Waals surface area contributed by atoms with Gasteiger partial charge in [-0.3, -0.25) is 0 Å². The number of hydrogen-bond donors (Lipinski definition) is 1.